The minimum atomic E-state index is -1.64. The first-order valence-corrected chi connectivity index (χ1v) is 12.5. The summed E-state index contributed by atoms with van der Waals surface area (Å²) in [7, 11) is 3.03. The van der Waals surface area contributed by atoms with Gasteiger partial charge in [-0.2, -0.15) is 0 Å². The highest BCUT2D eigenvalue weighted by atomic mass is 16.8. The molecule has 0 bridgehead atoms. The second-order valence-corrected chi connectivity index (χ2v) is 9.77. The van der Waals surface area contributed by atoms with Crippen LogP contribution in [0.3, 0.4) is 0 Å². The molecule has 0 radical (unpaired) electrons. The van der Waals surface area contributed by atoms with Gasteiger partial charge in [0.1, 0.15) is 42.2 Å². The van der Waals surface area contributed by atoms with Gasteiger partial charge in [0.15, 0.2) is 17.8 Å². The summed E-state index contributed by atoms with van der Waals surface area (Å²) in [6.45, 7) is -1.04. The molecule has 11 atom stereocenters. The van der Waals surface area contributed by atoms with Gasteiger partial charge in [0.2, 0.25) is 6.29 Å². The molecule has 13 nitrogen and oxygen atoms in total. The number of aliphatic hydroxyl groups is 5. The summed E-state index contributed by atoms with van der Waals surface area (Å²) in [4.78, 5) is 12.8. The first kappa shape index (κ1) is 27.8. The Morgan fingerprint density at radius 1 is 1.05 bits per heavy atom. The van der Waals surface area contributed by atoms with Crippen molar-refractivity contribution >= 4 is 12.0 Å². The number of hydrogen-bond acceptors (Lipinski definition) is 13. The van der Waals surface area contributed by atoms with Crippen LogP contribution >= 0.6 is 0 Å². The number of epoxide rings is 1. The highest BCUT2D eigenvalue weighted by Gasteiger charge is 2.77. The lowest BCUT2D eigenvalue weighted by Gasteiger charge is -2.43. The van der Waals surface area contributed by atoms with Gasteiger partial charge in [0, 0.05) is 12.0 Å². The van der Waals surface area contributed by atoms with Crippen LogP contribution in [0.15, 0.2) is 36.6 Å². The van der Waals surface area contributed by atoms with Crippen molar-refractivity contribution in [1.29, 1.82) is 0 Å². The summed E-state index contributed by atoms with van der Waals surface area (Å²) >= 11 is 0. The molecule has 4 aliphatic rings. The molecule has 3 heterocycles. The molecule has 1 saturated carbocycles. The number of carbonyl (C=O) groups excluding carboxylic acids is 1. The van der Waals surface area contributed by atoms with E-state index in [9.17, 15) is 30.3 Å². The van der Waals surface area contributed by atoms with E-state index in [-0.39, 0.29) is 0 Å². The summed E-state index contributed by atoms with van der Waals surface area (Å²) in [5, 5.41) is 50.2. The van der Waals surface area contributed by atoms with Crippen molar-refractivity contribution < 1.29 is 63.5 Å². The minimum Gasteiger partial charge on any atom is -0.493 e. The molecular formula is C26H32O13. The minimum absolute atomic E-state index is 0.417. The first-order chi connectivity index (χ1) is 18.8. The van der Waals surface area contributed by atoms with Crippen LogP contribution in [0, 0.1) is 11.8 Å². The van der Waals surface area contributed by atoms with Gasteiger partial charge >= 0.3 is 5.97 Å². The number of methoxy groups -OCH3 is 2. The first-order valence-electron chi connectivity index (χ1n) is 12.5. The Hall–Kier alpha value is -2.75. The molecule has 5 rings (SSSR count). The Morgan fingerprint density at radius 2 is 1.82 bits per heavy atom. The van der Waals surface area contributed by atoms with Gasteiger partial charge in [-0.15, -0.1) is 0 Å². The third-order valence-corrected chi connectivity index (χ3v) is 7.67. The highest BCUT2D eigenvalue weighted by molar-refractivity contribution is 5.87. The Balaban J connectivity index is 1.29. The number of benzene rings is 1. The maximum Gasteiger partial charge on any atom is 0.331 e. The summed E-state index contributed by atoms with van der Waals surface area (Å²) in [5.41, 5.74) is -0.452. The van der Waals surface area contributed by atoms with E-state index < -0.39 is 85.8 Å². The highest BCUT2D eigenvalue weighted by Crippen LogP contribution is 2.60. The third kappa shape index (κ3) is 4.89. The van der Waals surface area contributed by atoms with E-state index >= 15 is 0 Å². The van der Waals surface area contributed by atoms with Crippen molar-refractivity contribution in [3.63, 3.8) is 0 Å². The predicted octanol–water partition coefficient (Wildman–Crippen LogP) is -1.31. The van der Waals surface area contributed by atoms with Crippen molar-refractivity contribution in [3.8, 4) is 11.5 Å². The zero-order valence-corrected chi connectivity index (χ0v) is 21.2. The van der Waals surface area contributed by atoms with Gasteiger partial charge in [-0.1, -0.05) is 6.07 Å². The molecular weight excluding hydrogens is 520 g/mol. The van der Waals surface area contributed by atoms with Gasteiger partial charge in [-0.05, 0) is 29.8 Å². The quantitative estimate of drug-likeness (QED) is 0.138. The lowest BCUT2D eigenvalue weighted by Crippen LogP contribution is -2.60. The van der Waals surface area contributed by atoms with Gasteiger partial charge < -0.3 is 58.7 Å². The molecule has 0 aromatic heterocycles. The zero-order valence-electron chi connectivity index (χ0n) is 21.2. The van der Waals surface area contributed by atoms with Gasteiger partial charge in [-0.25, -0.2) is 4.79 Å². The predicted molar refractivity (Wildman–Crippen MR) is 129 cm³/mol. The molecule has 5 N–H and O–H groups in total. The SMILES string of the molecule is COc1ccc(C=CC(=O)O[C@@H]2[C@H]3C=CO[C@H](O[C@@H]4O[C@H](CO)[C@@H](O)[C@H](O)[C@H]4O)[C@H]3[C@]3(CO)O[C@H]23)cc1OC. The third-order valence-electron chi connectivity index (χ3n) is 7.67. The van der Waals surface area contributed by atoms with Crippen molar-refractivity contribution in [1.82, 2.24) is 0 Å². The number of carbonyl (C=O) groups is 1. The molecule has 1 aromatic rings. The lowest BCUT2D eigenvalue weighted by molar-refractivity contribution is -0.344. The molecule has 39 heavy (non-hydrogen) atoms. The van der Waals surface area contributed by atoms with E-state index in [1.807, 2.05) is 0 Å². The normalized spacial score (nSPS) is 40.5. The Morgan fingerprint density at radius 3 is 2.51 bits per heavy atom. The smallest absolute Gasteiger partial charge is 0.331 e. The van der Waals surface area contributed by atoms with E-state index in [4.69, 9.17) is 33.2 Å². The van der Waals surface area contributed by atoms with Crippen molar-refractivity contribution in [3.05, 3.63) is 42.2 Å². The lowest BCUT2D eigenvalue weighted by atomic mass is 9.85. The number of esters is 1. The topological polar surface area (TPSA) is 186 Å². The second-order valence-electron chi connectivity index (χ2n) is 9.77. The fourth-order valence-electron chi connectivity index (χ4n) is 5.58. The fraction of sp³-hybridized carbons (Fsp3) is 0.577. The Bertz CT molecular complexity index is 1110. The molecule has 1 aliphatic carbocycles. The summed E-state index contributed by atoms with van der Waals surface area (Å²) in [6, 6.07) is 5.17. The maximum atomic E-state index is 12.8. The van der Waals surface area contributed by atoms with Gasteiger partial charge in [-0.3, -0.25) is 0 Å². The molecule has 0 amide bonds. The summed E-state index contributed by atoms with van der Waals surface area (Å²) in [5.74, 6) is -0.727. The monoisotopic (exact) mass is 552 g/mol. The molecule has 214 valence electrons. The van der Waals surface area contributed by atoms with Crippen LogP contribution in [-0.4, -0.2) is 114 Å². The molecule has 0 unspecified atom stereocenters. The maximum absolute atomic E-state index is 12.8. The van der Waals surface area contributed by atoms with E-state index in [0.717, 1.165) is 0 Å². The number of hydrogen-bond donors (Lipinski definition) is 5. The van der Waals surface area contributed by atoms with Crippen molar-refractivity contribution in [2.45, 2.75) is 54.8 Å². The summed E-state index contributed by atoms with van der Waals surface area (Å²) in [6.07, 6.45) is -4.14. The molecule has 0 spiro atoms. The Kier molecular flexibility index (Phi) is 7.86. The average molecular weight is 553 g/mol. The number of rotatable bonds is 9. The standard InChI is InChI=1S/C26H32O13/c1-33-14-5-3-12(9-15(14)34-2)4-6-17(29)37-22-13-7-8-35-24(18(13)26(11-28)23(22)39-26)38-25-21(32)20(31)19(30)16(10-27)36-25/h3-9,13,16,18-25,27-28,30-32H,10-11H2,1-2H3/t13-,16+,18-,19+,20-,21+,22+,23+,24+,25-,26-/m0/s1. The van der Waals surface area contributed by atoms with Crippen LogP contribution in [0.2, 0.25) is 0 Å². The number of fused-ring (bicyclic) bond motifs is 3. The van der Waals surface area contributed by atoms with Crippen LogP contribution in [0.4, 0.5) is 0 Å². The van der Waals surface area contributed by atoms with Gasteiger partial charge in [0.05, 0.1) is 39.6 Å². The van der Waals surface area contributed by atoms with Gasteiger partial charge in [0.25, 0.3) is 0 Å². The average Bonchev–Trinajstić information content (AvgIpc) is 3.63. The Labute approximate surface area is 223 Å². The zero-order chi connectivity index (χ0) is 27.9. The number of aliphatic hydroxyl groups excluding tert-OH is 5. The molecule has 13 heteroatoms. The second kappa shape index (κ2) is 11.0. The van der Waals surface area contributed by atoms with E-state index in [2.05, 4.69) is 0 Å². The van der Waals surface area contributed by atoms with Crippen LogP contribution in [0.5, 0.6) is 11.5 Å². The van der Waals surface area contributed by atoms with E-state index in [1.165, 1.54) is 26.6 Å². The van der Waals surface area contributed by atoms with Crippen molar-refractivity contribution in [2.24, 2.45) is 11.8 Å². The largest absolute Gasteiger partial charge is 0.493 e. The van der Waals surface area contributed by atoms with E-state index in [1.54, 1.807) is 30.4 Å². The molecule has 2 saturated heterocycles. The van der Waals surface area contributed by atoms with Crippen LogP contribution < -0.4 is 9.47 Å². The van der Waals surface area contributed by atoms with Crippen LogP contribution in [-0.2, 0) is 28.5 Å². The molecule has 3 aliphatic heterocycles. The fourth-order valence-corrected chi connectivity index (χ4v) is 5.58. The van der Waals surface area contributed by atoms with E-state index in [0.29, 0.717) is 17.1 Å². The molecule has 1 aromatic carbocycles. The molecule has 3 fully saturated rings. The van der Waals surface area contributed by atoms with Crippen molar-refractivity contribution in [2.75, 3.05) is 27.4 Å². The van der Waals surface area contributed by atoms with Crippen LogP contribution in [0.1, 0.15) is 5.56 Å². The van der Waals surface area contributed by atoms with Crippen LogP contribution in [0.25, 0.3) is 6.08 Å². The number of ether oxygens (including phenoxy) is 7. The summed E-state index contributed by atoms with van der Waals surface area (Å²) < 4.78 is 39.0.